The number of carbonyl (C=O) groups excluding carboxylic acids is 1. The fraction of sp³-hybridized carbons (Fsp3) is 0.529. The van der Waals surface area contributed by atoms with Crippen LogP contribution in [0.5, 0.6) is 5.75 Å². The van der Waals surface area contributed by atoms with Crippen molar-refractivity contribution in [2.24, 2.45) is 0 Å². The molecule has 2 unspecified atom stereocenters. The summed E-state index contributed by atoms with van der Waals surface area (Å²) in [4.78, 5) is 12.3. The SMILES string of the molecule is COc1cc(C(C#N)C(=O)CCC2CCCO2)ccc1C. The van der Waals surface area contributed by atoms with Gasteiger partial charge in [0.15, 0.2) is 5.78 Å². The van der Waals surface area contributed by atoms with Crippen molar-refractivity contribution in [3.63, 3.8) is 0 Å². The number of Topliss-reactive ketones (excluding diaryl/α,β-unsaturated/α-hetero) is 1. The fourth-order valence-electron chi connectivity index (χ4n) is 2.67. The first-order valence-corrected chi connectivity index (χ1v) is 7.34. The van der Waals surface area contributed by atoms with Gasteiger partial charge < -0.3 is 9.47 Å². The lowest BCUT2D eigenvalue weighted by atomic mass is 9.91. The summed E-state index contributed by atoms with van der Waals surface area (Å²) in [6.45, 7) is 2.72. The number of methoxy groups -OCH3 is 1. The lowest BCUT2D eigenvalue weighted by Crippen LogP contribution is -2.14. The van der Waals surface area contributed by atoms with Crippen molar-refractivity contribution in [3.05, 3.63) is 29.3 Å². The van der Waals surface area contributed by atoms with E-state index in [0.717, 1.165) is 25.0 Å². The molecule has 1 aromatic carbocycles. The summed E-state index contributed by atoms with van der Waals surface area (Å²) >= 11 is 0. The molecule has 21 heavy (non-hydrogen) atoms. The second-order valence-corrected chi connectivity index (χ2v) is 5.43. The molecule has 0 spiro atoms. The molecule has 0 amide bonds. The summed E-state index contributed by atoms with van der Waals surface area (Å²) in [6, 6.07) is 7.61. The maximum absolute atomic E-state index is 12.3. The topological polar surface area (TPSA) is 59.3 Å². The van der Waals surface area contributed by atoms with Crippen molar-refractivity contribution in [1.29, 1.82) is 5.26 Å². The first-order chi connectivity index (χ1) is 10.2. The molecule has 0 radical (unpaired) electrons. The van der Waals surface area contributed by atoms with E-state index < -0.39 is 5.92 Å². The number of benzene rings is 1. The molecule has 1 aromatic rings. The molecule has 2 atom stereocenters. The van der Waals surface area contributed by atoms with E-state index in [9.17, 15) is 10.1 Å². The van der Waals surface area contributed by atoms with E-state index in [4.69, 9.17) is 9.47 Å². The van der Waals surface area contributed by atoms with E-state index in [-0.39, 0.29) is 11.9 Å². The van der Waals surface area contributed by atoms with E-state index in [2.05, 4.69) is 6.07 Å². The number of rotatable bonds is 6. The van der Waals surface area contributed by atoms with Crippen molar-refractivity contribution >= 4 is 5.78 Å². The second-order valence-electron chi connectivity index (χ2n) is 5.43. The molecular weight excluding hydrogens is 266 g/mol. The minimum absolute atomic E-state index is 0.0427. The van der Waals surface area contributed by atoms with Crippen molar-refractivity contribution in [1.82, 2.24) is 0 Å². The molecular formula is C17H21NO3. The number of nitriles is 1. The Hall–Kier alpha value is -1.86. The van der Waals surface area contributed by atoms with Crippen molar-refractivity contribution < 1.29 is 14.3 Å². The van der Waals surface area contributed by atoms with Crippen LogP contribution in [-0.4, -0.2) is 25.6 Å². The standard InChI is InChI=1S/C17H21NO3/c1-12-5-6-13(10-17(12)20-2)15(11-18)16(19)8-7-14-4-3-9-21-14/h5-6,10,14-15H,3-4,7-9H2,1-2H3. The van der Waals surface area contributed by atoms with Crippen LogP contribution in [0.3, 0.4) is 0 Å². The predicted molar refractivity (Wildman–Crippen MR) is 79.3 cm³/mol. The van der Waals surface area contributed by atoms with Crippen LogP contribution in [0.2, 0.25) is 0 Å². The number of hydrogen-bond acceptors (Lipinski definition) is 4. The number of carbonyl (C=O) groups is 1. The average Bonchev–Trinajstić information content (AvgIpc) is 3.01. The summed E-state index contributed by atoms with van der Waals surface area (Å²) in [6.07, 6.45) is 3.36. The van der Waals surface area contributed by atoms with Gasteiger partial charge in [0.2, 0.25) is 0 Å². The average molecular weight is 287 g/mol. The minimum atomic E-state index is -0.721. The zero-order valence-corrected chi connectivity index (χ0v) is 12.6. The Morgan fingerprint density at radius 3 is 3.00 bits per heavy atom. The zero-order valence-electron chi connectivity index (χ0n) is 12.6. The Morgan fingerprint density at radius 1 is 1.57 bits per heavy atom. The summed E-state index contributed by atoms with van der Waals surface area (Å²) in [5.74, 6) is -0.0560. The number of aryl methyl sites for hydroxylation is 1. The molecule has 0 bridgehead atoms. The first kappa shape index (κ1) is 15.5. The normalized spacial score (nSPS) is 19.0. The number of hydrogen-bond donors (Lipinski definition) is 0. The molecule has 4 heteroatoms. The lowest BCUT2D eigenvalue weighted by molar-refractivity contribution is -0.120. The van der Waals surface area contributed by atoms with E-state index in [1.807, 2.05) is 19.1 Å². The van der Waals surface area contributed by atoms with E-state index >= 15 is 0 Å². The maximum Gasteiger partial charge on any atom is 0.154 e. The molecule has 0 N–H and O–H groups in total. The first-order valence-electron chi connectivity index (χ1n) is 7.34. The van der Waals surface area contributed by atoms with Crippen LogP contribution in [0.15, 0.2) is 18.2 Å². The van der Waals surface area contributed by atoms with Gasteiger partial charge in [-0.25, -0.2) is 0 Å². The third-order valence-corrected chi connectivity index (χ3v) is 3.95. The molecule has 0 aromatic heterocycles. The van der Waals surface area contributed by atoms with E-state index in [0.29, 0.717) is 24.2 Å². The van der Waals surface area contributed by atoms with Gasteiger partial charge in [0.25, 0.3) is 0 Å². The lowest BCUT2D eigenvalue weighted by Gasteiger charge is -2.13. The zero-order chi connectivity index (χ0) is 15.2. The molecule has 4 nitrogen and oxygen atoms in total. The van der Waals surface area contributed by atoms with Gasteiger partial charge in [0.1, 0.15) is 11.7 Å². The van der Waals surface area contributed by atoms with Crippen LogP contribution >= 0.6 is 0 Å². The highest BCUT2D eigenvalue weighted by Gasteiger charge is 2.23. The second kappa shape index (κ2) is 7.24. The molecule has 1 saturated heterocycles. The highest BCUT2D eigenvalue weighted by atomic mass is 16.5. The summed E-state index contributed by atoms with van der Waals surface area (Å²) < 4.78 is 10.8. The van der Waals surface area contributed by atoms with Crippen LogP contribution < -0.4 is 4.74 Å². The quantitative estimate of drug-likeness (QED) is 0.806. The van der Waals surface area contributed by atoms with Crippen molar-refractivity contribution in [2.75, 3.05) is 13.7 Å². The summed E-state index contributed by atoms with van der Waals surface area (Å²) in [5.41, 5.74) is 1.70. The van der Waals surface area contributed by atoms with Gasteiger partial charge >= 0.3 is 0 Å². The molecule has 0 aliphatic carbocycles. The van der Waals surface area contributed by atoms with Crippen LogP contribution in [0, 0.1) is 18.3 Å². The number of nitrogens with zero attached hydrogens (tertiary/aromatic N) is 1. The molecule has 1 aliphatic rings. The van der Waals surface area contributed by atoms with Crippen LogP contribution in [0.1, 0.15) is 42.7 Å². The van der Waals surface area contributed by atoms with Gasteiger partial charge in [-0.05, 0) is 43.4 Å². The number of ketones is 1. The maximum atomic E-state index is 12.3. The fourth-order valence-corrected chi connectivity index (χ4v) is 2.67. The molecule has 1 aliphatic heterocycles. The van der Waals surface area contributed by atoms with Gasteiger partial charge in [-0.3, -0.25) is 4.79 Å². The predicted octanol–water partition coefficient (Wildman–Crippen LogP) is 3.14. The van der Waals surface area contributed by atoms with E-state index in [1.54, 1.807) is 13.2 Å². The van der Waals surface area contributed by atoms with Crippen molar-refractivity contribution in [3.8, 4) is 11.8 Å². The Kier molecular flexibility index (Phi) is 5.35. The third kappa shape index (κ3) is 3.83. The summed E-state index contributed by atoms with van der Waals surface area (Å²) in [7, 11) is 1.59. The molecule has 1 heterocycles. The molecule has 112 valence electrons. The van der Waals surface area contributed by atoms with Crippen molar-refractivity contribution in [2.45, 2.75) is 44.6 Å². The highest BCUT2D eigenvalue weighted by molar-refractivity contribution is 5.88. The van der Waals surface area contributed by atoms with Gasteiger partial charge in [-0.15, -0.1) is 0 Å². The van der Waals surface area contributed by atoms with Gasteiger partial charge in [-0.2, -0.15) is 5.26 Å². The Morgan fingerprint density at radius 2 is 2.38 bits per heavy atom. The van der Waals surface area contributed by atoms with Crippen LogP contribution in [-0.2, 0) is 9.53 Å². The largest absolute Gasteiger partial charge is 0.496 e. The monoisotopic (exact) mass is 287 g/mol. The smallest absolute Gasteiger partial charge is 0.154 e. The van der Waals surface area contributed by atoms with E-state index in [1.165, 1.54) is 0 Å². The third-order valence-electron chi connectivity index (χ3n) is 3.95. The van der Waals surface area contributed by atoms with Crippen LogP contribution in [0.4, 0.5) is 0 Å². The van der Waals surface area contributed by atoms with Gasteiger partial charge in [-0.1, -0.05) is 12.1 Å². The number of ether oxygens (including phenoxy) is 2. The highest BCUT2D eigenvalue weighted by Crippen LogP contribution is 2.26. The Balaban J connectivity index is 2.04. The van der Waals surface area contributed by atoms with Gasteiger partial charge in [0.05, 0.1) is 19.3 Å². The minimum Gasteiger partial charge on any atom is -0.496 e. The molecule has 1 fully saturated rings. The Bertz CT molecular complexity index is 541. The molecule has 2 rings (SSSR count). The Labute approximate surface area is 125 Å². The summed E-state index contributed by atoms with van der Waals surface area (Å²) in [5, 5.41) is 9.33. The molecule has 0 saturated carbocycles. The van der Waals surface area contributed by atoms with Crippen LogP contribution in [0.25, 0.3) is 0 Å². The van der Waals surface area contributed by atoms with Gasteiger partial charge in [0, 0.05) is 13.0 Å².